The van der Waals surface area contributed by atoms with Crippen molar-refractivity contribution in [1.82, 2.24) is 4.74 Å². The summed E-state index contributed by atoms with van der Waals surface area (Å²) in [6.45, 7) is 0. The SMILES string of the molecule is Cn1oc(=O)c2ccc(N)cc21. The Kier molecular flexibility index (Phi) is 1.24. The molecule has 62 valence electrons. The van der Waals surface area contributed by atoms with Gasteiger partial charge in [-0.3, -0.25) is 0 Å². The predicted molar refractivity (Wildman–Crippen MR) is 45.9 cm³/mol. The number of aryl methyl sites for hydroxylation is 1. The maximum Gasteiger partial charge on any atom is 0.365 e. The molecule has 0 unspecified atom stereocenters. The van der Waals surface area contributed by atoms with Gasteiger partial charge >= 0.3 is 5.63 Å². The first-order valence-corrected chi connectivity index (χ1v) is 3.54. The van der Waals surface area contributed by atoms with Crippen LogP contribution in [0.4, 0.5) is 5.69 Å². The topological polar surface area (TPSA) is 61.2 Å². The van der Waals surface area contributed by atoms with Crippen LogP contribution in [0.1, 0.15) is 0 Å². The number of rotatable bonds is 0. The molecule has 0 saturated carbocycles. The maximum atomic E-state index is 11.1. The lowest BCUT2D eigenvalue weighted by atomic mass is 10.2. The van der Waals surface area contributed by atoms with E-state index in [-0.39, 0.29) is 5.63 Å². The summed E-state index contributed by atoms with van der Waals surface area (Å²) < 4.78 is 6.24. The van der Waals surface area contributed by atoms with Crippen molar-refractivity contribution in [2.75, 3.05) is 5.73 Å². The van der Waals surface area contributed by atoms with Crippen molar-refractivity contribution < 1.29 is 4.52 Å². The van der Waals surface area contributed by atoms with Gasteiger partial charge in [-0.25, -0.2) is 9.53 Å². The quantitative estimate of drug-likeness (QED) is 0.583. The fraction of sp³-hybridized carbons (Fsp3) is 0.125. The lowest BCUT2D eigenvalue weighted by Crippen LogP contribution is -1.91. The van der Waals surface area contributed by atoms with Gasteiger partial charge in [-0.05, 0) is 18.2 Å². The van der Waals surface area contributed by atoms with Crippen LogP contribution in [0.2, 0.25) is 0 Å². The summed E-state index contributed by atoms with van der Waals surface area (Å²) in [5.74, 6) is 0. The summed E-state index contributed by atoms with van der Waals surface area (Å²) in [5.41, 5.74) is 6.56. The standard InChI is InChI=1S/C8H8N2O2/c1-10-7-4-5(9)2-3-6(7)8(11)12-10/h2-4H,9H2,1H3. The summed E-state index contributed by atoms with van der Waals surface area (Å²) >= 11 is 0. The summed E-state index contributed by atoms with van der Waals surface area (Å²) in [4.78, 5) is 11.1. The van der Waals surface area contributed by atoms with E-state index >= 15 is 0 Å². The van der Waals surface area contributed by atoms with Crippen LogP contribution in [0.3, 0.4) is 0 Å². The van der Waals surface area contributed by atoms with Crippen LogP contribution >= 0.6 is 0 Å². The van der Waals surface area contributed by atoms with Crippen LogP contribution in [0.25, 0.3) is 10.9 Å². The molecule has 2 N–H and O–H groups in total. The molecular weight excluding hydrogens is 156 g/mol. The molecule has 4 nitrogen and oxygen atoms in total. The highest BCUT2D eigenvalue weighted by atomic mass is 16.5. The fourth-order valence-corrected chi connectivity index (χ4v) is 1.20. The second-order valence-electron chi connectivity index (χ2n) is 2.65. The molecule has 0 radical (unpaired) electrons. The number of hydrogen-bond acceptors (Lipinski definition) is 3. The van der Waals surface area contributed by atoms with E-state index in [1.165, 1.54) is 4.74 Å². The molecule has 0 amide bonds. The van der Waals surface area contributed by atoms with E-state index in [0.29, 0.717) is 11.1 Å². The first-order chi connectivity index (χ1) is 5.68. The molecular formula is C8H8N2O2. The Balaban J connectivity index is 3.00. The number of fused-ring (bicyclic) bond motifs is 1. The van der Waals surface area contributed by atoms with Gasteiger partial charge in [0.1, 0.15) is 0 Å². The molecule has 0 atom stereocenters. The zero-order chi connectivity index (χ0) is 8.72. The zero-order valence-electron chi connectivity index (χ0n) is 6.57. The zero-order valence-corrected chi connectivity index (χ0v) is 6.57. The van der Waals surface area contributed by atoms with Gasteiger partial charge in [0.15, 0.2) is 0 Å². The third-order valence-electron chi connectivity index (χ3n) is 1.80. The second kappa shape index (κ2) is 2.14. The van der Waals surface area contributed by atoms with E-state index in [4.69, 9.17) is 10.3 Å². The summed E-state index contributed by atoms with van der Waals surface area (Å²) in [6.07, 6.45) is 0. The van der Waals surface area contributed by atoms with E-state index in [1.807, 2.05) is 0 Å². The van der Waals surface area contributed by atoms with Crippen molar-refractivity contribution in [1.29, 1.82) is 0 Å². The number of anilines is 1. The van der Waals surface area contributed by atoms with Crippen molar-refractivity contribution in [3.05, 3.63) is 28.6 Å². The van der Waals surface area contributed by atoms with Crippen molar-refractivity contribution in [3.63, 3.8) is 0 Å². The highest BCUT2D eigenvalue weighted by Gasteiger charge is 2.04. The lowest BCUT2D eigenvalue weighted by Gasteiger charge is -1.92. The van der Waals surface area contributed by atoms with Gasteiger partial charge in [-0.1, -0.05) is 0 Å². The molecule has 2 rings (SSSR count). The minimum absolute atomic E-state index is 0.326. The minimum Gasteiger partial charge on any atom is -0.399 e. The molecule has 1 aromatic heterocycles. The normalized spacial score (nSPS) is 10.8. The Morgan fingerprint density at radius 1 is 1.50 bits per heavy atom. The molecule has 0 spiro atoms. The Morgan fingerprint density at radius 2 is 2.25 bits per heavy atom. The Bertz CT molecular complexity index is 481. The monoisotopic (exact) mass is 164 g/mol. The fourth-order valence-electron chi connectivity index (χ4n) is 1.20. The third-order valence-corrected chi connectivity index (χ3v) is 1.80. The molecule has 1 heterocycles. The molecule has 2 aromatic rings. The van der Waals surface area contributed by atoms with E-state index in [2.05, 4.69) is 0 Å². The highest BCUT2D eigenvalue weighted by molar-refractivity contribution is 5.80. The van der Waals surface area contributed by atoms with Gasteiger partial charge in [0.2, 0.25) is 0 Å². The number of hydrogen-bond donors (Lipinski definition) is 1. The van der Waals surface area contributed by atoms with E-state index in [9.17, 15) is 4.79 Å². The first kappa shape index (κ1) is 6.97. The number of benzene rings is 1. The summed E-state index contributed by atoms with van der Waals surface area (Å²) in [7, 11) is 1.67. The molecule has 0 fully saturated rings. The molecule has 0 aliphatic carbocycles. The molecule has 0 aliphatic rings. The van der Waals surface area contributed by atoms with E-state index < -0.39 is 0 Å². The summed E-state index contributed by atoms with van der Waals surface area (Å²) in [5, 5.41) is 0.562. The van der Waals surface area contributed by atoms with Crippen molar-refractivity contribution in [2.24, 2.45) is 7.05 Å². The molecule has 0 bridgehead atoms. The van der Waals surface area contributed by atoms with Crippen LogP contribution in [0, 0.1) is 0 Å². The van der Waals surface area contributed by atoms with E-state index in [0.717, 1.165) is 5.52 Å². The van der Waals surface area contributed by atoms with Crippen LogP contribution < -0.4 is 11.4 Å². The molecule has 0 aliphatic heterocycles. The maximum absolute atomic E-state index is 11.1. The highest BCUT2D eigenvalue weighted by Crippen LogP contribution is 2.13. The molecule has 12 heavy (non-hydrogen) atoms. The Hall–Kier alpha value is -1.71. The summed E-state index contributed by atoms with van der Waals surface area (Å²) in [6, 6.07) is 5.05. The van der Waals surface area contributed by atoms with Gasteiger partial charge < -0.3 is 10.3 Å². The van der Waals surface area contributed by atoms with Gasteiger partial charge in [0.05, 0.1) is 10.9 Å². The molecule has 0 saturated heterocycles. The number of aromatic nitrogens is 1. The Morgan fingerprint density at radius 3 is 3.00 bits per heavy atom. The Labute approximate surface area is 68.2 Å². The average Bonchev–Trinajstić information content (AvgIpc) is 2.28. The second-order valence-corrected chi connectivity index (χ2v) is 2.65. The molecule has 4 heteroatoms. The minimum atomic E-state index is -0.326. The number of nitrogens with two attached hydrogens (primary N) is 1. The van der Waals surface area contributed by atoms with Gasteiger partial charge in [-0.2, -0.15) is 0 Å². The number of nitrogens with zero attached hydrogens (tertiary/aromatic N) is 1. The van der Waals surface area contributed by atoms with Gasteiger partial charge in [0, 0.05) is 12.7 Å². The lowest BCUT2D eigenvalue weighted by molar-refractivity contribution is 0.296. The average molecular weight is 164 g/mol. The van der Waals surface area contributed by atoms with Gasteiger partial charge in [-0.15, -0.1) is 0 Å². The third kappa shape index (κ3) is 0.812. The van der Waals surface area contributed by atoms with Crippen molar-refractivity contribution in [3.8, 4) is 0 Å². The predicted octanol–water partition coefficient (Wildman–Crippen LogP) is 0.714. The van der Waals surface area contributed by atoms with Crippen LogP contribution in [-0.4, -0.2) is 4.74 Å². The van der Waals surface area contributed by atoms with Crippen LogP contribution in [0.15, 0.2) is 27.5 Å². The largest absolute Gasteiger partial charge is 0.399 e. The van der Waals surface area contributed by atoms with Crippen molar-refractivity contribution >= 4 is 16.6 Å². The molecule has 1 aromatic carbocycles. The van der Waals surface area contributed by atoms with Gasteiger partial charge in [0.25, 0.3) is 0 Å². The van der Waals surface area contributed by atoms with Crippen LogP contribution in [0.5, 0.6) is 0 Å². The van der Waals surface area contributed by atoms with Crippen molar-refractivity contribution in [2.45, 2.75) is 0 Å². The smallest absolute Gasteiger partial charge is 0.365 e. The first-order valence-electron chi connectivity index (χ1n) is 3.54. The number of nitrogen functional groups attached to an aromatic ring is 1. The van der Waals surface area contributed by atoms with E-state index in [1.54, 1.807) is 25.2 Å². The van der Waals surface area contributed by atoms with Crippen LogP contribution in [-0.2, 0) is 7.05 Å².